The molecule has 2 aromatic carbocycles. The molecule has 0 aromatic heterocycles. The van der Waals surface area contributed by atoms with Gasteiger partial charge in [-0.05, 0) is 56.0 Å². The van der Waals surface area contributed by atoms with Gasteiger partial charge in [0.1, 0.15) is 0 Å². The quantitative estimate of drug-likeness (QED) is 0.822. The van der Waals surface area contributed by atoms with Crippen molar-refractivity contribution >= 4 is 17.5 Å². The number of anilines is 1. The van der Waals surface area contributed by atoms with Crippen LogP contribution in [0, 0.1) is 0 Å². The summed E-state index contributed by atoms with van der Waals surface area (Å²) in [6, 6.07) is 17.3. The van der Waals surface area contributed by atoms with Gasteiger partial charge in [-0.2, -0.15) is 0 Å². The molecule has 1 fully saturated rings. The minimum Gasteiger partial charge on any atom is -0.339 e. The maximum Gasteiger partial charge on any atom is 0.253 e. The van der Waals surface area contributed by atoms with Crippen LogP contribution >= 0.6 is 0 Å². The molecule has 1 heterocycles. The number of likely N-dealkylation sites (tertiary alicyclic amines) is 1. The van der Waals surface area contributed by atoms with Gasteiger partial charge < -0.3 is 15.5 Å². The number of carbonyl (C=O) groups excluding carboxylic acids is 2. The Morgan fingerprint density at radius 2 is 1.63 bits per heavy atom. The Morgan fingerprint density at radius 1 is 0.963 bits per heavy atom. The highest BCUT2D eigenvalue weighted by molar-refractivity contribution is 5.96. The van der Waals surface area contributed by atoms with Crippen molar-refractivity contribution in [3.8, 4) is 0 Å². The second-order valence-electron chi connectivity index (χ2n) is 6.99. The zero-order valence-corrected chi connectivity index (χ0v) is 15.8. The fourth-order valence-electron chi connectivity index (χ4n) is 3.29. The van der Waals surface area contributed by atoms with E-state index in [2.05, 4.69) is 10.6 Å². The Bertz CT molecular complexity index is 753. The van der Waals surface area contributed by atoms with E-state index in [9.17, 15) is 9.59 Å². The molecule has 1 atom stereocenters. The first kappa shape index (κ1) is 19.1. The number of benzene rings is 2. The zero-order chi connectivity index (χ0) is 19.1. The Morgan fingerprint density at radius 3 is 2.30 bits per heavy atom. The van der Waals surface area contributed by atoms with Crippen LogP contribution in [0.3, 0.4) is 0 Å². The number of hydrogen-bond acceptors (Lipinski definition) is 3. The van der Waals surface area contributed by atoms with E-state index in [4.69, 9.17) is 0 Å². The van der Waals surface area contributed by atoms with Gasteiger partial charge in [-0.1, -0.05) is 30.3 Å². The van der Waals surface area contributed by atoms with Crippen molar-refractivity contribution < 1.29 is 9.59 Å². The minimum atomic E-state index is -0.104. The SMILES string of the molecule is CC(NCC(=O)Nc1ccc(C(=O)N2CCCCC2)cc1)c1ccccc1. The van der Waals surface area contributed by atoms with E-state index in [1.54, 1.807) is 24.3 Å². The van der Waals surface area contributed by atoms with Crippen molar-refractivity contribution in [2.45, 2.75) is 32.2 Å². The second-order valence-corrected chi connectivity index (χ2v) is 6.99. The van der Waals surface area contributed by atoms with E-state index in [1.165, 1.54) is 6.42 Å². The van der Waals surface area contributed by atoms with Crippen molar-refractivity contribution in [2.24, 2.45) is 0 Å². The molecule has 1 aliphatic rings. The van der Waals surface area contributed by atoms with Crippen molar-refractivity contribution in [2.75, 3.05) is 25.0 Å². The van der Waals surface area contributed by atoms with Crippen LogP contribution in [0.2, 0.25) is 0 Å². The molecular formula is C22H27N3O2. The maximum absolute atomic E-state index is 12.5. The van der Waals surface area contributed by atoms with Crippen LogP contribution in [0.1, 0.15) is 48.1 Å². The monoisotopic (exact) mass is 365 g/mol. The molecule has 142 valence electrons. The van der Waals surface area contributed by atoms with Gasteiger partial charge in [-0.15, -0.1) is 0 Å². The van der Waals surface area contributed by atoms with E-state index in [-0.39, 0.29) is 24.4 Å². The smallest absolute Gasteiger partial charge is 0.253 e. The van der Waals surface area contributed by atoms with E-state index in [0.717, 1.165) is 31.5 Å². The molecule has 0 bridgehead atoms. The fraction of sp³-hybridized carbons (Fsp3) is 0.364. The Balaban J connectivity index is 1.49. The molecule has 1 aliphatic heterocycles. The van der Waals surface area contributed by atoms with Crippen molar-refractivity contribution in [3.05, 3.63) is 65.7 Å². The Kier molecular flexibility index (Phi) is 6.60. The summed E-state index contributed by atoms with van der Waals surface area (Å²) in [5.74, 6) is -0.0289. The summed E-state index contributed by atoms with van der Waals surface area (Å²) < 4.78 is 0. The zero-order valence-electron chi connectivity index (χ0n) is 15.8. The molecule has 0 radical (unpaired) electrons. The highest BCUT2D eigenvalue weighted by Crippen LogP contribution is 2.16. The molecule has 2 N–H and O–H groups in total. The van der Waals surface area contributed by atoms with Crippen molar-refractivity contribution in [1.82, 2.24) is 10.2 Å². The molecule has 27 heavy (non-hydrogen) atoms. The highest BCUT2D eigenvalue weighted by atomic mass is 16.2. The second kappa shape index (κ2) is 9.33. The number of piperidine rings is 1. The van der Waals surface area contributed by atoms with E-state index < -0.39 is 0 Å². The van der Waals surface area contributed by atoms with E-state index >= 15 is 0 Å². The first-order valence-electron chi connectivity index (χ1n) is 9.61. The van der Waals surface area contributed by atoms with Crippen LogP contribution < -0.4 is 10.6 Å². The number of rotatable bonds is 6. The lowest BCUT2D eigenvalue weighted by atomic mass is 10.1. The molecule has 5 nitrogen and oxygen atoms in total. The van der Waals surface area contributed by atoms with Gasteiger partial charge >= 0.3 is 0 Å². The van der Waals surface area contributed by atoms with Crippen LogP contribution in [0.25, 0.3) is 0 Å². The lowest BCUT2D eigenvalue weighted by Crippen LogP contribution is -2.35. The number of nitrogens with one attached hydrogen (secondary N) is 2. The van der Waals surface area contributed by atoms with Gasteiger partial charge in [-0.25, -0.2) is 0 Å². The summed E-state index contributed by atoms with van der Waals surface area (Å²) in [5, 5.41) is 6.09. The number of carbonyl (C=O) groups is 2. The third kappa shape index (κ3) is 5.41. The predicted octanol–water partition coefficient (Wildman–Crippen LogP) is 3.60. The summed E-state index contributed by atoms with van der Waals surface area (Å²) in [6.45, 7) is 3.93. The van der Waals surface area contributed by atoms with Gasteiger partial charge in [0, 0.05) is 30.4 Å². The maximum atomic E-state index is 12.5. The van der Waals surface area contributed by atoms with Gasteiger partial charge in [0.15, 0.2) is 0 Å². The van der Waals surface area contributed by atoms with Crippen LogP contribution in [0.15, 0.2) is 54.6 Å². The number of hydrogen-bond donors (Lipinski definition) is 2. The average Bonchev–Trinajstić information content (AvgIpc) is 2.73. The molecule has 2 amide bonds. The standard InChI is InChI=1S/C22H27N3O2/c1-17(18-8-4-2-5-9-18)23-16-21(26)24-20-12-10-19(11-13-20)22(27)25-14-6-3-7-15-25/h2,4-5,8-13,17,23H,3,6-7,14-16H2,1H3,(H,24,26). The minimum absolute atomic E-state index is 0.0749. The summed E-state index contributed by atoms with van der Waals surface area (Å²) in [5.41, 5.74) is 2.51. The topological polar surface area (TPSA) is 61.4 Å². The molecule has 0 saturated carbocycles. The number of amides is 2. The molecule has 1 saturated heterocycles. The predicted molar refractivity (Wildman–Crippen MR) is 108 cm³/mol. The third-order valence-electron chi connectivity index (χ3n) is 4.93. The van der Waals surface area contributed by atoms with Crippen molar-refractivity contribution in [1.29, 1.82) is 0 Å². The van der Waals surface area contributed by atoms with E-state index in [0.29, 0.717) is 11.3 Å². The highest BCUT2D eigenvalue weighted by Gasteiger charge is 2.18. The Hall–Kier alpha value is -2.66. The lowest BCUT2D eigenvalue weighted by molar-refractivity contribution is -0.115. The summed E-state index contributed by atoms with van der Waals surface area (Å²) >= 11 is 0. The van der Waals surface area contributed by atoms with Gasteiger partial charge in [0.25, 0.3) is 5.91 Å². The molecule has 0 aliphatic carbocycles. The van der Waals surface area contributed by atoms with Crippen LogP contribution in [0.4, 0.5) is 5.69 Å². The largest absolute Gasteiger partial charge is 0.339 e. The van der Waals surface area contributed by atoms with Gasteiger partial charge in [0.05, 0.1) is 6.54 Å². The molecule has 3 rings (SSSR count). The number of nitrogens with zero attached hydrogens (tertiary/aromatic N) is 1. The molecule has 0 spiro atoms. The van der Waals surface area contributed by atoms with Crippen molar-refractivity contribution in [3.63, 3.8) is 0 Å². The molecule has 1 unspecified atom stereocenters. The normalized spacial score (nSPS) is 15.2. The summed E-state index contributed by atoms with van der Waals surface area (Å²) in [4.78, 5) is 26.5. The lowest BCUT2D eigenvalue weighted by Gasteiger charge is -2.26. The van der Waals surface area contributed by atoms with Crippen LogP contribution in [0.5, 0.6) is 0 Å². The van der Waals surface area contributed by atoms with Gasteiger partial charge in [0.2, 0.25) is 5.91 Å². The van der Waals surface area contributed by atoms with E-state index in [1.807, 2.05) is 42.2 Å². The average molecular weight is 365 g/mol. The molecule has 2 aromatic rings. The third-order valence-corrected chi connectivity index (χ3v) is 4.93. The molecular weight excluding hydrogens is 338 g/mol. The first-order valence-corrected chi connectivity index (χ1v) is 9.61. The first-order chi connectivity index (χ1) is 13.1. The molecule has 5 heteroatoms. The fourth-order valence-corrected chi connectivity index (χ4v) is 3.29. The van der Waals surface area contributed by atoms with Crippen LogP contribution in [-0.2, 0) is 4.79 Å². The summed E-state index contributed by atoms with van der Waals surface area (Å²) in [6.07, 6.45) is 3.36. The Labute approximate surface area is 160 Å². The van der Waals surface area contributed by atoms with Crippen LogP contribution in [-0.4, -0.2) is 36.3 Å². The van der Waals surface area contributed by atoms with Gasteiger partial charge in [-0.3, -0.25) is 9.59 Å². The summed E-state index contributed by atoms with van der Waals surface area (Å²) in [7, 11) is 0.